The largest absolute Gasteiger partial charge is 0.479 e. The lowest BCUT2D eigenvalue weighted by Crippen LogP contribution is -2.34. The quantitative estimate of drug-likeness (QED) is 0.890. The lowest BCUT2D eigenvalue weighted by Gasteiger charge is -2.24. The Labute approximate surface area is 135 Å². The highest BCUT2D eigenvalue weighted by molar-refractivity contribution is 5.98. The van der Waals surface area contributed by atoms with Gasteiger partial charge in [-0.05, 0) is 31.2 Å². The van der Waals surface area contributed by atoms with Crippen molar-refractivity contribution < 1.29 is 9.53 Å². The van der Waals surface area contributed by atoms with E-state index in [1.54, 1.807) is 13.1 Å². The Hall–Kier alpha value is -2.63. The van der Waals surface area contributed by atoms with Gasteiger partial charge in [0.25, 0.3) is 5.91 Å². The van der Waals surface area contributed by atoms with Crippen LogP contribution < -0.4 is 15.4 Å². The minimum atomic E-state index is -0.475. The van der Waals surface area contributed by atoms with E-state index >= 15 is 0 Å². The molecule has 1 unspecified atom stereocenters. The van der Waals surface area contributed by atoms with Crippen LogP contribution in [0.25, 0.3) is 0 Å². The molecule has 2 N–H and O–H groups in total. The third-order valence-corrected chi connectivity index (χ3v) is 3.51. The van der Waals surface area contributed by atoms with Gasteiger partial charge in [-0.15, -0.1) is 0 Å². The van der Waals surface area contributed by atoms with E-state index in [1.807, 2.05) is 24.3 Å². The maximum absolute atomic E-state index is 11.7. The van der Waals surface area contributed by atoms with Crippen LogP contribution in [0.2, 0.25) is 0 Å². The molecule has 3 rings (SSSR count). The van der Waals surface area contributed by atoms with E-state index in [0.29, 0.717) is 17.3 Å². The molecule has 0 radical (unpaired) electrons. The number of rotatable bonds is 2. The molecule has 0 fully saturated rings. The number of carbonyl (C=O) groups is 1. The van der Waals surface area contributed by atoms with Crippen molar-refractivity contribution in [2.75, 3.05) is 10.6 Å². The van der Waals surface area contributed by atoms with Crippen LogP contribution in [0.4, 0.5) is 17.2 Å². The minimum Gasteiger partial charge on any atom is -0.479 e. The van der Waals surface area contributed by atoms with Gasteiger partial charge in [0, 0.05) is 17.3 Å². The normalized spacial score (nSPS) is 17.0. The standard InChI is InChI=1S/C17H20N4O2/c1-10-15(22)20-12-9-11(5-6-13(12)23-10)19-14-7-8-18-16(21-14)17(2,3)4/h5-10H,1-4H3,(H,20,22)(H,18,19,21). The number of fused-ring (bicyclic) bond motifs is 1. The molecule has 1 atom stereocenters. The van der Waals surface area contributed by atoms with Crippen LogP contribution in [-0.4, -0.2) is 22.0 Å². The predicted octanol–water partition coefficient (Wildman–Crippen LogP) is 3.24. The van der Waals surface area contributed by atoms with Crippen molar-refractivity contribution in [2.45, 2.75) is 39.2 Å². The molecular weight excluding hydrogens is 292 g/mol. The lowest BCUT2D eigenvalue weighted by molar-refractivity contribution is -0.122. The number of hydrogen-bond acceptors (Lipinski definition) is 5. The first-order chi connectivity index (χ1) is 10.8. The van der Waals surface area contributed by atoms with E-state index in [1.165, 1.54) is 0 Å². The maximum atomic E-state index is 11.7. The first-order valence-corrected chi connectivity index (χ1v) is 7.55. The summed E-state index contributed by atoms with van der Waals surface area (Å²) in [6.45, 7) is 7.93. The average Bonchev–Trinajstić information content (AvgIpc) is 2.48. The van der Waals surface area contributed by atoms with Crippen molar-refractivity contribution in [1.29, 1.82) is 0 Å². The molecule has 1 aliphatic heterocycles. The Balaban J connectivity index is 1.84. The molecule has 6 nitrogen and oxygen atoms in total. The molecule has 1 aromatic heterocycles. The van der Waals surface area contributed by atoms with Gasteiger partial charge in [0.05, 0.1) is 5.69 Å². The third-order valence-electron chi connectivity index (χ3n) is 3.51. The van der Waals surface area contributed by atoms with Gasteiger partial charge in [0.15, 0.2) is 6.10 Å². The first kappa shape index (κ1) is 15.3. The summed E-state index contributed by atoms with van der Waals surface area (Å²) in [6, 6.07) is 7.37. The number of nitrogens with one attached hydrogen (secondary N) is 2. The van der Waals surface area contributed by atoms with Crippen LogP contribution in [0.5, 0.6) is 5.75 Å². The summed E-state index contributed by atoms with van der Waals surface area (Å²) in [5.74, 6) is 2.00. The fourth-order valence-electron chi connectivity index (χ4n) is 2.22. The Kier molecular flexibility index (Phi) is 3.67. The van der Waals surface area contributed by atoms with Crippen LogP contribution in [0.3, 0.4) is 0 Å². The van der Waals surface area contributed by atoms with Crippen LogP contribution in [0, 0.1) is 0 Å². The Morgan fingerprint density at radius 2 is 2.04 bits per heavy atom. The molecule has 120 valence electrons. The molecule has 1 aliphatic rings. The first-order valence-electron chi connectivity index (χ1n) is 7.55. The van der Waals surface area contributed by atoms with E-state index in [9.17, 15) is 4.79 Å². The van der Waals surface area contributed by atoms with E-state index in [0.717, 1.165) is 11.5 Å². The number of anilines is 3. The summed E-state index contributed by atoms with van der Waals surface area (Å²) in [4.78, 5) is 20.6. The molecule has 2 heterocycles. The molecule has 1 amide bonds. The van der Waals surface area contributed by atoms with Gasteiger partial charge in [-0.2, -0.15) is 0 Å². The summed E-state index contributed by atoms with van der Waals surface area (Å²) in [5.41, 5.74) is 1.36. The zero-order valence-corrected chi connectivity index (χ0v) is 13.7. The third kappa shape index (κ3) is 3.26. The zero-order chi connectivity index (χ0) is 16.6. The van der Waals surface area contributed by atoms with Gasteiger partial charge >= 0.3 is 0 Å². The second kappa shape index (κ2) is 5.53. The van der Waals surface area contributed by atoms with Crippen molar-refractivity contribution in [3.8, 4) is 5.75 Å². The number of carbonyl (C=O) groups excluding carboxylic acids is 1. The topological polar surface area (TPSA) is 76.1 Å². The van der Waals surface area contributed by atoms with Gasteiger partial charge in [0.1, 0.15) is 17.4 Å². The highest BCUT2D eigenvalue weighted by Crippen LogP contribution is 2.33. The van der Waals surface area contributed by atoms with Gasteiger partial charge in [-0.3, -0.25) is 4.79 Å². The van der Waals surface area contributed by atoms with Crippen LogP contribution in [0.15, 0.2) is 30.5 Å². The maximum Gasteiger partial charge on any atom is 0.265 e. The van der Waals surface area contributed by atoms with Crippen molar-refractivity contribution >= 4 is 23.1 Å². The van der Waals surface area contributed by atoms with Crippen LogP contribution >= 0.6 is 0 Å². The number of nitrogens with zero attached hydrogens (tertiary/aromatic N) is 2. The fraction of sp³-hybridized carbons (Fsp3) is 0.353. The van der Waals surface area contributed by atoms with Crippen molar-refractivity contribution in [3.05, 3.63) is 36.3 Å². The van der Waals surface area contributed by atoms with Gasteiger partial charge in [0.2, 0.25) is 0 Å². The second-order valence-corrected chi connectivity index (χ2v) is 6.60. The summed E-state index contributed by atoms with van der Waals surface area (Å²) < 4.78 is 5.55. The highest BCUT2D eigenvalue weighted by atomic mass is 16.5. The van der Waals surface area contributed by atoms with Crippen molar-refractivity contribution in [2.24, 2.45) is 0 Å². The Morgan fingerprint density at radius 3 is 2.78 bits per heavy atom. The molecule has 0 saturated carbocycles. The number of ether oxygens (including phenoxy) is 1. The van der Waals surface area contributed by atoms with E-state index < -0.39 is 6.10 Å². The Bertz CT molecular complexity index is 752. The summed E-state index contributed by atoms with van der Waals surface area (Å²) in [7, 11) is 0. The molecule has 0 spiro atoms. The summed E-state index contributed by atoms with van der Waals surface area (Å²) in [5, 5.41) is 6.07. The molecule has 23 heavy (non-hydrogen) atoms. The zero-order valence-electron chi connectivity index (χ0n) is 13.7. The molecule has 1 aromatic carbocycles. The minimum absolute atomic E-state index is 0.120. The molecule has 0 saturated heterocycles. The van der Waals surface area contributed by atoms with E-state index in [-0.39, 0.29) is 11.3 Å². The predicted molar refractivity (Wildman–Crippen MR) is 89.2 cm³/mol. The van der Waals surface area contributed by atoms with E-state index in [4.69, 9.17) is 4.74 Å². The van der Waals surface area contributed by atoms with Gasteiger partial charge in [-0.25, -0.2) is 9.97 Å². The highest BCUT2D eigenvalue weighted by Gasteiger charge is 2.23. The monoisotopic (exact) mass is 312 g/mol. The van der Waals surface area contributed by atoms with Crippen LogP contribution in [0.1, 0.15) is 33.5 Å². The molecular formula is C17H20N4O2. The van der Waals surface area contributed by atoms with Gasteiger partial charge in [-0.1, -0.05) is 20.8 Å². The Morgan fingerprint density at radius 1 is 1.26 bits per heavy atom. The molecule has 2 aromatic rings. The van der Waals surface area contributed by atoms with Gasteiger partial charge < -0.3 is 15.4 Å². The number of hydrogen-bond donors (Lipinski definition) is 2. The van der Waals surface area contributed by atoms with Crippen molar-refractivity contribution in [3.63, 3.8) is 0 Å². The number of aromatic nitrogens is 2. The smallest absolute Gasteiger partial charge is 0.265 e. The molecule has 0 bridgehead atoms. The number of benzene rings is 1. The van der Waals surface area contributed by atoms with E-state index in [2.05, 4.69) is 41.4 Å². The summed E-state index contributed by atoms with van der Waals surface area (Å²) in [6.07, 6.45) is 1.26. The average molecular weight is 312 g/mol. The van der Waals surface area contributed by atoms with Crippen molar-refractivity contribution in [1.82, 2.24) is 9.97 Å². The summed E-state index contributed by atoms with van der Waals surface area (Å²) >= 11 is 0. The lowest BCUT2D eigenvalue weighted by atomic mass is 9.96. The second-order valence-electron chi connectivity index (χ2n) is 6.60. The fourth-order valence-corrected chi connectivity index (χ4v) is 2.22. The van der Waals surface area contributed by atoms with Crippen LogP contribution in [-0.2, 0) is 10.2 Å². The molecule has 6 heteroatoms. The molecule has 0 aliphatic carbocycles. The number of amides is 1. The SMILES string of the molecule is CC1Oc2ccc(Nc3ccnc(C(C)(C)C)n3)cc2NC1=O.